The van der Waals surface area contributed by atoms with E-state index in [0.29, 0.717) is 5.75 Å². The summed E-state index contributed by atoms with van der Waals surface area (Å²) in [4.78, 5) is 34.8. The molecule has 0 unspecified atom stereocenters. The van der Waals surface area contributed by atoms with E-state index in [-0.39, 0.29) is 16.7 Å². The number of ether oxygens (including phenoxy) is 1. The Balaban J connectivity index is 2.27. The number of carboxylic acid groups (broad SMARTS) is 2. The average Bonchev–Trinajstić information content (AvgIpc) is 2.60. The second-order valence-corrected chi connectivity index (χ2v) is 5.34. The smallest absolute Gasteiger partial charge is 0.336 e. The second-order valence-electron chi connectivity index (χ2n) is 5.34. The number of rotatable bonds is 6. The second kappa shape index (κ2) is 7.48. The normalized spacial score (nSPS) is 11.4. The highest BCUT2D eigenvalue weighted by molar-refractivity contribution is 6.06. The number of aromatic carboxylic acids is 2. The van der Waals surface area contributed by atoms with Crippen LogP contribution < -0.4 is 10.1 Å². The van der Waals surface area contributed by atoms with Crippen molar-refractivity contribution in [3.05, 3.63) is 64.7 Å². The molecule has 2 rings (SSSR count). The highest BCUT2D eigenvalue weighted by Gasteiger charge is 2.20. The maximum absolute atomic E-state index is 12.5. The summed E-state index contributed by atoms with van der Waals surface area (Å²) in [6, 6.07) is 9.94. The van der Waals surface area contributed by atoms with Crippen LogP contribution in [-0.4, -0.2) is 35.2 Å². The monoisotopic (exact) mass is 343 g/mol. The summed E-state index contributed by atoms with van der Waals surface area (Å²) in [5.74, 6) is -2.54. The fourth-order valence-corrected chi connectivity index (χ4v) is 2.30. The number of benzene rings is 2. The zero-order chi connectivity index (χ0) is 18.6. The molecular weight excluding hydrogens is 326 g/mol. The van der Waals surface area contributed by atoms with Crippen LogP contribution in [0.1, 0.15) is 49.6 Å². The molecule has 130 valence electrons. The number of nitrogens with one attached hydrogen (secondary N) is 1. The van der Waals surface area contributed by atoms with Crippen LogP contribution in [0.4, 0.5) is 0 Å². The minimum Gasteiger partial charge on any atom is -0.497 e. The molecule has 1 atom stereocenters. The number of carboxylic acids is 2. The Kier molecular flexibility index (Phi) is 5.38. The van der Waals surface area contributed by atoms with Gasteiger partial charge in [0.1, 0.15) is 5.75 Å². The lowest BCUT2D eigenvalue weighted by Crippen LogP contribution is -2.28. The van der Waals surface area contributed by atoms with Crippen molar-refractivity contribution in [2.24, 2.45) is 0 Å². The average molecular weight is 343 g/mol. The summed E-state index contributed by atoms with van der Waals surface area (Å²) in [5, 5.41) is 20.9. The summed E-state index contributed by atoms with van der Waals surface area (Å²) in [7, 11) is 1.54. The number of hydrogen-bond acceptors (Lipinski definition) is 4. The van der Waals surface area contributed by atoms with Gasteiger partial charge in [0.15, 0.2) is 0 Å². The van der Waals surface area contributed by atoms with Crippen molar-refractivity contribution in [3.8, 4) is 5.75 Å². The number of carbonyl (C=O) groups excluding carboxylic acids is 1. The Hall–Kier alpha value is -3.35. The Bertz CT molecular complexity index is 813. The lowest BCUT2D eigenvalue weighted by atomic mass is 10.0. The zero-order valence-corrected chi connectivity index (χ0v) is 13.6. The molecule has 2 aromatic rings. The van der Waals surface area contributed by atoms with Crippen LogP contribution in [0.25, 0.3) is 0 Å². The largest absolute Gasteiger partial charge is 0.497 e. The first kappa shape index (κ1) is 18.0. The fraction of sp³-hybridized carbons (Fsp3) is 0.167. The Morgan fingerprint density at radius 3 is 2.12 bits per heavy atom. The maximum Gasteiger partial charge on any atom is 0.336 e. The summed E-state index contributed by atoms with van der Waals surface area (Å²) >= 11 is 0. The molecule has 0 saturated carbocycles. The minimum atomic E-state index is -1.31. The van der Waals surface area contributed by atoms with E-state index in [2.05, 4.69) is 5.32 Å². The SMILES string of the molecule is COc1ccc([C@@H](C)NC(=O)c2cc(C(=O)O)ccc2C(=O)O)cc1. The topological polar surface area (TPSA) is 113 Å². The summed E-state index contributed by atoms with van der Waals surface area (Å²) < 4.78 is 5.07. The van der Waals surface area contributed by atoms with Gasteiger partial charge in [-0.2, -0.15) is 0 Å². The van der Waals surface area contributed by atoms with Gasteiger partial charge in [0.2, 0.25) is 0 Å². The van der Waals surface area contributed by atoms with E-state index in [0.717, 1.165) is 23.8 Å². The molecular formula is C18H17NO6. The molecule has 0 saturated heterocycles. The third-order valence-corrected chi connectivity index (χ3v) is 3.70. The molecule has 1 amide bonds. The quantitative estimate of drug-likeness (QED) is 0.743. The van der Waals surface area contributed by atoms with E-state index in [4.69, 9.17) is 9.84 Å². The fourth-order valence-electron chi connectivity index (χ4n) is 2.30. The van der Waals surface area contributed by atoms with E-state index in [1.54, 1.807) is 38.3 Å². The van der Waals surface area contributed by atoms with Crippen molar-refractivity contribution in [2.75, 3.05) is 7.11 Å². The number of methoxy groups -OCH3 is 1. The molecule has 3 N–H and O–H groups in total. The van der Waals surface area contributed by atoms with E-state index in [9.17, 15) is 19.5 Å². The predicted molar refractivity (Wildman–Crippen MR) is 89.2 cm³/mol. The predicted octanol–water partition coefficient (Wildman–Crippen LogP) is 2.58. The minimum absolute atomic E-state index is 0.160. The van der Waals surface area contributed by atoms with Gasteiger partial charge in [0, 0.05) is 0 Å². The molecule has 7 nitrogen and oxygen atoms in total. The van der Waals surface area contributed by atoms with Crippen molar-refractivity contribution in [1.29, 1.82) is 0 Å². The molecule has 0 aliphatic carbocycles. The van der Waals surface area contributed by atoms with Crippen molar-refractivity contribution in [2.45, 2.75) is 13.0 Å². The molecule has 0 aliphatic rings. The maximum atomic E-state index is 12.5. The van der Waals surface area contributed by atoms with Gasteiger partial charge in [-0.3, -0.25) is 4.79 Å². The molecule has 0 radical (unpaired) electrons. The van der Waals surface area contributed by atoms with Gasteiger partial charge in [-0.25, -0.2) is 9.59 Å². The molecule has 0 bridgehead atoms. The Labute approximate surface area is 143 Å². The summed E-state index contributed by atoms with van der Waals surface area (Å²) in [5.41, 5.74) is 0.171. The third kappa shape index (κ3) is 4.14. The highest BCUT2D eigenvalue weighted by Crippen LogP contribution is 2.19. The Morgan fingerprint density at radius 2 is 1.60 bits per heavy atom. The Morgan fingerprint density at radius 1 is 0.960 bits per heavy atom. The van der Waals surface area contributed by atoms with Gasteiger partial charge >= 0.3 is 11.9 Å². The van der Waals surface area contributed by atoms with Crippen molar-refractivity contribution >= 4 is 17.8 Å². The van der Waals surface area contributed by atoms with Crippen LogP contribution in [0.5, 0.6) is 5.75 Å². The van der Waals surface area contributed by atoms with Gasteiger partial charge in [-0.15, -0.1) is 0 Å². The standard InChI is InChI=1S/C18H17NO6/c1-10(11-3-6-13(25-2)7-4-11)19-16(20)15-9-12(17(21)22)5-8-14(15)18(23)24/h3-10H,1-2H3,(H,19,20)(H,21,22)(H,23,24)/t10-/m1/s1. The van der Waals surface area contributed by atoms with Gasteiger partial charge in [0.05, 0.1) is 29.8 Å². The molecule has 0 heterocycles. The van der Waals surface area contributed by atoms with Crippen LogP contribution in [-0.2, 0) is 0 Å². The van der Waals surface area contributed by atoms with Gasteiger partial charge < -0.3 is 20.3 Å². The third-order valence-electron chi connectivity index (χ3n) is 3.70. The summed E-state index contributed by atoms with van der Waals surface area (Å²) in [6.07, 6.45) is 0. The molecule has 0 fully saturated rings. The molecule has 7 heteroatoms. The van der Waals surface area contributed by atoms with Crippen LogP contribution in [0.15, 0.2) is 42.5 Å². The number of carbonyl (C=O) groups is 3. The van der Waals surface area contributed by atoms with Gasteiger partial charge in [-0.05, 0) is 42.8 Å². The van der Waals surface area contributed by atoms with E-state index < -0.39 is 23.9 Å². The molecule has 25 heavy (non-hydrogen) atoms. The molecule has 0 aliphatic heterocycles. The first-order valence-electron chi connectivity index (χ1n) is 7.39. The van der Waals surface area contributed by atoms with Crippen LogP contribution in [0.2, 0.25) is 0 Å². The highest BCUT2D eigenvalue weighted by atomic mass is 16.5. The van der Waals surface area contributed by atoms with E-state index in [1.165, 1.54) is 0 Å². The molecule has 0 spiro atoms. The van der Waals surface area contributed by atoms with Crippen molar-refractivity contribution in [3.63, 3.8) is 0 Å². The van der Waals surface area contributed by atoms with Gasteiger partial charge in [0.25, 0.3) is 5.91 Å². The first-order valence-corrected chi connectivity index (χ1v) is 7.39. The van der Waals surface area contributed by atoms with Crippen LogP contribution >= 0.6 is 0 Å². The van der Waals surface area contributed by atoms with Gasteiger partial charge in [-0.1, -0.05) is 12.1 Å². The lowest BCUT2D eigenvalue weighted by molar-refractivity contribution is 0.0678. The number of amides is 1. The molecule has 0 aromatic heterocycles. The first-order chi connectivity index (χ1) is 11.8. The molecule has 2 aromatic carbocycles. The number of hydrogen-bond donors (Lipinski definition) is 3. The lowest BCUT2D eigenvalue weighted by Gasteiger charge is -2.16. The van der Waals surface area contributed by atoms with Crippen molar-refractivity contribution < 1.29 is 29.3 Å². The zero-order valence-electron chi connectivity index (χ0n) is 13.6. The van der Waals surface area contributed by atoms with Crippen LogP contribution in [0, 0.1) is 0 Å². The summed E-state index contributed by atoms with van der Waals surface area (Å²) in [6.45, 7) is 1.74. The van der Waals surface area contributed by atoms with Crippen molar-refractivity contribution in [1.82, 2.24) is 5.32 Å². The van der Waals surface area contributed by atoms with E-state index in [1.807, 2.05) is 0 Å². The van der Waals surface area contributed by atoms with E-state index >= 15 is 0 Å². The van der Waals surface area contributed by atoms with Crippen LogP contribution in [0.3, 0.4) is 0 Å².